The molecule has 0 radical (unpaired) electrons. The number of carboxylic acids is 1. The van der Waals surface area contributed by atoms with Crippen LogP contribution in [-0.2, 0) is 27.9 Å². The first-order valence-corrected chi connectivity index (χ1v) is 21.3. The Bertz CT molecular complexity index is 2200. The summed E-state index contributed by atoms with van der Waals surface area (Å²) in [4.78, 5) is 59.5. The van der Waals surface area contributed by atoms with Crippen LogP contribution >= 0.6 is 11.6 Å². The van der Waals surface area contributed by atoms with Crippen LogP contribution in [0.4, 0.5) is 14.5 Å². The van der Waals surface area contributed by atoms with Gasteiger partial charge in [0.05, 0.1) is 61.5 Å². The number of imidazole rings is 1. The molecule has 62 heavy (non-hydrogen) atoms. The topological polar surface area (TPSA) is 204 Å². The van der Waals surface area contributed by atoms with E-state index in [9.17, 15) is 24.3 Å². The highest BCUT2D eigenvalue weighted by molar-refractivity contribution is 6.34. The van der Waals surface area contributed by atoms with Crippen LogP contribution in [0.5, 0.6) is 0 Å². The van der Waals surface area contributed by atoms with Crippen molar-refractivity contribution in [1.29, 1.82) is 0 Å². The molecular weight excluding hydrogens is 826 g/mol. The van der Waals surface area contributed by atoms with Crippen LogP contribution < -0.4 is 16.8 Å². The van der Waals surface area contributed by atoms with Gasteiger partial charge in [-0.25, -0.2) is 18.6 Å². The number of carbonyl (C=O) groups is 4. The summed E-state index contributed by atoms with van der Waals surface area (Å²) in [6.07, 6.45) is 6.78. The first-order valence-electron chi connectivity index (χ1n) is 20.9. The lowest BCUT2D eigenvalue weighted by Crippen LogP contribution is -2.54. The van der Waals surface area contributed by atoms with Crippen molar-refractivity contribution in [2.24, 2.45) is 18.5 Å². The molecule has 1 saturated heterocycles. The summed E-state index contributed by atoms with van der Waals surface area (Å²) in [6.45, 7) is 6.87. The van der Waals surface area contributed by atoms with E-state index in [1.807, 2.05) is 0 Å². The third-order valence-electron chi connectivity index (χ3n) is 11.5. The number of benzene rings is 2. The smallest absolute Gasteiger partial charge is 0.359 e. The highest BCUT2D eigenvalue weighted by atomic mass is 35.5. The number of nitrogens with zero attached hydrogens (tertiary/aromatic N) is 7. The zero-order valence-electron chi connectivity index (χ0n) is 35.7. The van der Waals surface area contributed by atoms with E-state index in [-0.39, 0.29) is 63.7 Å². The molecule has 16 nitrogen and oxygen atoms in total. The number of carboxylic acid groups (broad SMARTS) is 1. The first-order chi connectivity index (χ1) is 29.7. The molecular formula is C43H58ClF2N10O6+. The highest BCUT2D eigenvalue weighted by Gasteiger charge is 2.31. The molecule has 19 heteroatoms. The second kappa shape index (κ2) is 22.2. The molecule has 3 heterocycles. The molecule has 4 aromatic rings. The van der Waals surface area contributed by atoms with Gasteiger partial charge in [-0.3, -0.25) is 19.1 Å². The van der Waals surface area contributed by atoms with Crippen LogP contribution in [0.15, 0.2) is 42.7 Å². The summed E-state index contributed by atoms with van der Waals surface area (Å²) in [5, 5.41) is 16.8. The summed E-state index contributed by atoms with van der Waals surface area (Å²) in [7, 11) is 3.08. The molecule has 336 valence electrons. The van der Waals surface area contributed by atoms with Gasteiger partial charge < -0.3 is 45.5 Å². The van der Waals surface area contributed by atoms with Gasteiger partial charge in [-0.05, 0) is 70.0 Å². The largest absolute Gasteiger partial charge is 0.477 e. The third kappa shape index (κ3) is 11.6. The lowest BCUT2D eigenvalue weighted by atomic mass is 10.0. The Kier molecular flexibility index (Phi) is 17.1. The zero-order chi connectivity index (χ0) is 45.0. The van der Waals surface area contributed by atoms with E-state index in [1.165, 1.54) is 54.3 Å². The lowest BCUT2D eigenvalue weighted by molar-refractivity contribution is -0.922. The number of amides is 3. The lowest BCUT2D eigenvalue weighted by Gasteiger charge is -2.38. The first kappa shape index (κ1) is 47.8. The van der Waals surface area contributed by atoms with Gasteiger partial charge >= 0.3 is 5.97 Å². The van der Waals surface area contributed by atoms with E-state index in [2.05, 4.69) is 15.4 Å². The maximum atomic E-state index is 15.6. The number of quaternary nitrogens is 1. The molecule has 3 amide bonds. The average Bonchev–Trinajstić information content (AvgIpc) is 3.81. The van der Waals surface area contributed by atoms with E-state index in [0.717, 1.165) is 25.7 Å². The predicted octanol–water partition coefficient (Wildman–Crippen LogP) is 4.53. The van der Waals surface area contributed by atoms with Crippen molar-refractivity contribution in [3.63, 3.8) is 0 Å². The molecule has 0 aliphatic carbocycles. The Morgan fingerprint density at radius 1 is 0.887 bits per heavy atom. The molecule has 2 aromatic heterocycles. The Hall–Kier alpha value is -5.27. The summed E-state index contributed by atoms with van der Waals surface area (Å²) in [5.74, 6) is -4.12. The van der Waals surface area contributed by atoms with Gasteiger partial charge in [-0.2, -0.15) is 5.10 Å². The van der Waals surface area contributed by atoms with Crippen molar-refractivity contribution in [2.75, 3.05) is 84.5 Å². The molecule has 5 rings (SSSR count). The van der Waals surface area contributed by atoms with Crippen LogP contribution in [0, 0.1) is 18.6 Å². The minimum Gasteiger partial charge on any atom is -0.477 e. The number of aromatic nitrogens is 4. The van der Waals surface area contributed by atoms with Crippen molar-refractivity contribution in [3.05, 3.63) is 76.5 Å². The molecule has 1 aliphatic rings. The maximum Gasteiger partial charge on any atom is 0.359 e. The number of halogens is 3. The van der Waals surface area contributed by atoms with Crippen molar-refractivity contribution >= 4 is 41.0 Å². The maximum absolute atomic E-state index is 15.6. The van der Waals surface area contributed by atoms with E-state index in [1.54, 1.807) is 28.5 Å². The average molecular weight is 884 g/mol. The second-order valence-corrected chi connectivity index (χ2v) is 16.1. The van der Waals surface area contributed by atoms with Gasteiger partial charge in [0.25, 0.3) is 11.8 Å². The number of rotatable bonds is 22. The normalized spacial score (nSPS) is 13.2. The standard InChI is InChI=1S/C43H57ClF2N10O6/c1-29-34(26-50-55(29)20-24-62-3)31-12-13-33(40(46)39(31)45)36-27-49-41(52(36)2)42(60)51-30-10-11-32(35(44)25-30)43(61)54-18-16-53(17-19-54)37(57)9-8-23-56(28-38(58)59,21-6-4-14-47)22-7-5-15-48/h10-13,25-27H,4-9,14-24,28,47-48H2,1-3H3,(H-,51,58,59,60,61)/p+1. The number of methoxy groups -OCH3 is 1. The van der Waals surface area contributed by atoms with Crippen molar-refractivity contribution in [3.8, 4) is 22.4 Å². The Balaban J connectivity index is 1.16. The molecule has 0 unspecified atom stereocenters. The van der Waals surface area contributed by atoms with E-state index in [4.69, 9.17) is 27.8 Å². The number of carbonyl (C=O) groups excluding carboxylic acids is 3. The fourth-order valence-electron chi connectivity index (χ4n) is 7.99. The number of anilines is 1. The molecule has 0 spiro atoms. The van der Waals surface area contributed by atoms with Crippen LogP contribution in [0.1, 0.15) is 65.2 Å². The van der Waals surface area contributed by atoms with E-state index < -0.39 is 23.5 Å². The summed E-state index contributed by atoms with van der Waals surface area (Å²) in [6, 6.07) is 7.38. The van der Waals surface area contributed by atoms with Gasteiger partial charge in [0.15, 0.2) is 24.0 Å². The molecule has 0 bridgehead atoms. The Morgan fingerprint density at radius 2 is 1.52 bits per heavy atom. The van der Waals surface area contributed by atoms with Gasteiger partial charge in [0.2, 0.25) is 5.91 Å². The number of ether oxygens (including phenoxy) is 1. The third-order valence-corrected chi connectivity index (χ3v) is 11.8. The summed E-state index contributed by atoms with van der Waals surface area (Å²) >= 11 is 6.57. The fraction of sp³-hybridized carbons (Fsp3) is 0.488. The van der Waals surface area contributed by atoms with Crippen LogP contribution in [-0.4, -0.2) is 142 Å². The van der Waals surface area contributed by atoms with Gasteiger partial charge in [-0.15, -0.1) is 0 Å². The molecule has 6 N–H and O–H groups in total. The number of hydrogen-bond donors (Lipinski definition) is 4. The summed E-state index contributed by atoms with van der Waals surface area (Å²) in [5.41, 5.74) is 13.1. The second-order valence-electron chi connectivity index (χ2n) is 15.7. The van der Waals surface area contributed by atoms with Crippen molar-refractivity contribution in [2.45, 2.75) is 52.0 Å². The number of hydrogen-bond acceptors (Lipinski definition) is 9. The van der Waals surface area contributed by atoms with Crippen molar-refractivity contribution < 1.29 is 42.3 Å². The molecule has 1 fully saturated rings. The van der Waals surface area contributed by atoms with Crippen LogP contribution in [0.3, 0.4) is 0 Å². The number of nitrogens with one attached hydrogen (secondary N) is 1. The number of aliphatic carboxylic acids is 1. The number of piperazine rings is 1. The monoisotopic (exact) mass is 883 g/mol. The SMILES string of the molecule is COCCn1ncc(-c2ccc(-c3cnc(C(=O)Nc4ccc(C(=O)N5CCN(C(=O)CCC[N+](CCCCN)(CCCCN)CC(=O)O)CC5)c(Cl)c4)n3C)c(F)c2F)c1C. The zero-order valence-corrected chi connectivity index (χ0v) is 36.4. The minimum absolute atomic E-state index is 0.0155. The van der Waals surface area contributed by atoms with Gasteiger partial charge in [0.1, 0.15) is 0 Å². The van der Waals surface area contributed by atoms with Crippen LogP contribution in [0.25, 0.3) is 22.4 Å². The van der Waals surface area contributed by atoms with Gasteiger partial charge in [-0.1, -0.05) is 17.7 Å². The quantitative estimate of drug-likeness (QED) is 0.0642. The fourth-order valence-corrected chi connectivity index (χ4v) is 8.25. The molecule has 1 aliphatic heterocycles. The highest BCUT2D eigenvalue weighted by Crippen LogP contribution is 2.33. The van der Waals surface area contributed by atoms with E-state index in [0.29, 0.717) is 94.2 Å². The number of nitrogens with two attached hydrogens (primary N) is 2. The molecule has 2 aromatic carbocycles. The van der Waals surface area contributed by atoms with Crippen molar-refractivity contribution in [1.82, 2.24) is 29.1 Å². The predicted molar refractivity (Wildman–Crippen MR) is 231 cm³/mol. The summed E-state index contributed by atoms with van der Waals surface area (Å²) < 4.78 is 39.6. The molecule has 0 atom stereocenters. The van der Waals surface area contributed by atoms with Gasteiger partial charge in [0, 0.05) is 81.2 Å². The minimum atomic E-state index is -1.10. The number of unbranched alkanes of at least 4 members (excludes halogenated alkanes) is 2. The molecule has 0 saturated carbocycles. The Labute approximate surface area is 365 Å². The Morgan fingerprint density at radius 3 is 2.15 bits per heavy atom. The van der Waals surface area contributed by atoms with Crippen LogP contribution in [0.2, 0.25) is 5.02 Å². The van der Waals surface area contributed by atoms with E-state index >= 15 is 8.78 Å².